The lowest BCUT2D eigenvalue weighted by atomic mass is 10.1. The summed E-state index contributed by atoms with van der Waals surface area (Å²) < 4.78 is 11.7. The Labute approximate surface area is 149 Å². The smallest absolute Gasteiger partial charge is 0.233 e. The standard InChI is InChI=1S/C19H29NO3S/c1-7-22-16-9-14-8-12(2)23-17(14)10-15(16)11-24-13(3)18(21)20-19(4,5)6/h9-10,12-13H,7-8,11H2,1-6H3,(H,20,21). The Morgan fingerprint density at radius 2 is 2.17 bits per heavy atom. The van der Waals surface area contributed by atoms with Crippen molar-refractivity contribution in [1.82, 2.24) is 5.32 Å². The van der Waals surface area contributed by atoms with Crippen LogP contribution in [-0.4, -0.2) is 29.4 Å². The number of benzene rings is 1. The fraction of sp³-hybridized carbons (Fsp3) is 0.632. The molecule has 0 bridgehead atoms. The number of carbonyl (C=O) groups is 1. The lowest BCUT2D eigenvalue weighted by Gasteiger charge is -2.23. The monoisotopic (exact) mass is 351 g/mol. The minimum atomic E-state index is -0.208. The quantitative estimate of drug-likeness (QED) is 0.843. The topological polar surface area (TPSA) is 47.6 Å². The number of hydrogen-bond donors (Lipinski definition) is 1. The first-order valence-electron chi connectivity index (χ1n) is 8.58. The highest BCUT2D eigenvalue weighted by Crippen LogP contribution is 2.37. The maximum absolute atomic E-state index is 12.2. The van der Waals surface area contributed by atoms with E-state index in [2.05, 4.69) is 24.4 Å². The molecule has 2 unspecified atom stereocenters. The first kappa shape index (κ1) is 19.0. The normalized spacial score (nSPS) is 17.8. The average Bonchev–Trinajstić information content (AvgIpc) is 2.82. The van der Waals surface area contributed by atoms with Gasteiger partial charge in [0.25, 0.3) is 0 Å². The van der Waals surface area contributed by atoms with E-state index in [1.165, 1.54) is 5.56 Å². The van der Waals surface area contributed by atoms with Crippen LogP contribution in [0.1, 0.15) is 52.7 Å². The highest BCUT2D eigenvalue weighted by Gasteiger charge is 2.23. The number of thioether (sulfide) groups is 1. The van der Waals surface area contributed by atoms with Crippen LogP contribution in [0.15, 0.2) is 12.1 Å². The Balaban J connectivity index is 2.06. The molecule has 134 valence electrons. The van der Waals surface area contributed by atoms with Gasteiger partial charge in [0.05, 0.1) is 11.9 Å². The van der Waals surface area contributed by atoms with Crippen LogP contribution >= 0.6 is 11.8 Å². The predicted molar refractivity (Wildman–Crippen MR) is 100 cm³/mol. The van der Waals surface area contributed by atoms with Crippen molar-refractivity contribution in [3.8, 4) is 11.5 Å². The van der Waals surface area contributed by atoms with E-state index in [-0.39, 0.29) is 22.8 Å². The second kappa shape index (κ2) is 7.68. The van der Waals surface area contributed by atoms with Crippen molar-refractivity contribution in [2.45, 2.75) is 70.6 Å². The minimum Gasteiger partial charge on any atom is -0.494 e. The van der Waals surface area contributed by atoms with E-state index >= 15 is 0 Å². The Bertz CT molecular complexity index is 595. The van der Waals surface area contributed by atoms with Gasteiger partial charge in [0, 0.05) is 28.8 Å². The zero-order chi connectivity index (χ0) is 17.9. The molecule has 0 saturated heterocycles. The zero-order valence-corrected chi connectivity index (χ0v) is 16.4. The number of hydrogen-bond acceptors (Lipinski definition) is 4. The highest BCUT2D eigenvalue weighted by molar-refractivity contribution is 7.99. The van der Waals surface area contributed by atoms with Crippen molar-refractivity contribution < 1.29 is 14.3 Å². The van der Waals surface area contributed by atoms with E-state index < -0.39 is 0 Å². The van der Waals surface area contributed by atoms with Crippen LogP contribution in [0.5, 0.6) is 11.5 Å². The van der Waals surface area contributed by atoms with Gasteiger partial charge in [-0.05, 0) is 53.7 Å². The summed E-state index contributed by atoms with van der Waals surface area (Å²) in [7, 11) is 0. The molecule has 1 aliphatic heterocycles. The van der Waals surface area contributed by atoms with Crippen LogP contribution in [0, 0.1) is 0 Å². The number of nitrogens with one attached hydrogen (secondary N) is 1. The minimum absolute atomic E-state index is 0.0662. The van der Waals surface area contributed by atoms with Gasteiger partial charge >= 0.3 is 0 Å². The van der Waals surface area contributed by atoms with Gasteiger partial charge < -0.3 is 14.8 Å². The first-order valence-corrected chi connectivity index (χ1v) is 9.63. The highest BCUT2D eigenvalue weighted by atomic mass is 32.2. The van der Waals surface area contributed by atoms with Crippen LogP contribution in [0.3, 0.4) is 0 Å². The largest absolute Gasteiger partial charge is 0.494 e. The lowest BCUT2D eigenvalue weighted by Crippen LogP contribution is -2.44. The Morgan fingerprint density at radius 3 is 2.79 bits per heavy atom. The molecule has 0 saturated carbocycles. The van der Waals surface area contributed by atoms with Crippen molar-refractivity contribution in [2.75, 3.05) is 6.61 Å². The third kappa shape index (κ3) is 5.07. The molecule has 24 heavy (non-hydrogen) atoms. The molecular weight excluding hydrogens is 322 g/mol. The van der Waals surface area contributed by atoms with Crippen LogP contribution < -0.4 is 14.8 Å². The van der Waals surface area contributed by atoms with E-state index in [0.717, 1.165) is 29.2 Å². The molecule has 5 heteroatoms. The van der Waals surface area contributed by atoms with E-state index in [4.69, 9.17) is 9.47 Å². The maximum atomic E-state index is 12.2. The molecule has 0 radical (unpaired) electrons. The third-order valence-electron chi connectivity index (χ3n) is 3.74. The summed E-state index contributed by atoms with van der Waals surface area (Å²) in [5, 5.41) is 2.91. The number of amides is 1. The zero-order valence-electron chi connectivity index (χ0n) is 15.6. The second-order valence-corrected chi connectivity index (χ2v) is 8.65. The van der Waals surface area contributed by atoms with Crippen LogP contribution in [0.2, 0.25) is 0 Å². The van der Waals surface area contributed by atoms with Gasteiger partial charge in [0.1, 0.15) is 17.6 Å². The number of rotatable bonds is 6. The van der Waals surface area contributed by atoms with Gasteiger partial charge in [0.2, 0.25) is 5.91 Å². The van der Waals surface area contributed by atoms with Gasteiger partial charge in [-0.2, -0.15) is 0 Å². The number of fused-ring (bicyclic) bond motifs is 1. The lowest BCUT2D eigenvalue weighted by molar-refractivity contribution is -0.121. The summed E-state index contributed by atoms with van der Waals surface area (Å²) in [6.07, 6.45) is 1.14. The molecule has 1 aliphatic rings. The van der Waals surface area contributed by atoms with Crippen molar-refractivity contribution >= 4 is 17.7 Å². The molecule has 1 N–H and O–H groups in total. The molecule has 1 heterocycles. The molecule has 1 amide bonds. The summed E-state index contributed by atoms with van der Waals surface area (Å²) in [5.74, 6) is 2.65. The number of ether oxygens (including phenoxy) is 2. The number of carbonyl (C=O) groups excluding carboxylic acids is 1. The Morgan fingerprint density at radius 1 is 1.46 bits per heavy atom. The van der Waals surface area contributed by atoms with Gasteiger partial charge in [-0.3, -0.25) is 4.79 Å². The molecule has 2 rings (SSSR count). The molecule has 0 fully saturated rings. The summed E-state index contributed by atoms with van der Waals surface area (Å²) in [4.78, 5) is 12.2. The molecule has 0 spiro atoms. The van der Waals surface area contributed by atoms with Gasteiger partial charge in [0.15, 0.2) is 0 Å². The van der Waals surface area contributed by atoms with Crippen LogP contribution in [-0.2, 0) is 17.0 Å². The van der Waals surface area contributed by atoms with Crippen LogP contribution in [0.25, 0.3) is 0 Å². The van der Waals surface area contributed by atoms with Crippen molar-refractivity contribution in [1.29, 1.82) is 0 Å². The van der Waals surface area contributed by atoms with E-state index in [1.54, 1.807) is 11.8 Å². The molecule has 0 aromatic heterocycles. The molecule has 1 aromatic rings. The fourth-order valence-electron chi connectivity index (χ4n) is 2.65. The van der Waals surface area contributed by atoms with Crippen LogP contribution in [0.4, 0.5) is 0 Å². The first-order chi connectivity index (χ1) is 11.2. The average molecular weight is 352 g/mol. The molecule has 1 aromatic carbocycles. The maximum Gasteiger partial charge on any atom is 0.233 e. The van der Waals surface area contributed by atoms with Gasteiger partial charge in [-0.15, -0.1) is 11.8 Å². The Hall–Kier alpha value is -1.36. The fourth-order valence-corrected chi connectivity index (χ4v) is 3.51. The van der Waals surface area contributed by atoms with Crippen molar-refractivity contribution in [2.24, 2.45) is 0 Å². The third-order valence-corrected chi connectivity index (χ3v) is 4.93. The summed E-state index contributed by atoms with van der Waals surface area (Å²) >= 11 is 1.62. The van der Waals surface area contributed by atoms with Crippen molar-refractivity contribution in [3.63, 3.8) is 0 Å². The molecule has 4 nitrogen and oxygen atoms in total. The van der Waals surface area contributed by atoms with Crippen molar-refractivity contribution in [3.05, 3.63) is 23.3 Å². The van der Waals surface area contributed by atoms with E-state index in [1.807, 2.05) is 34.6 Å². The summed E-state index contributed by atoms with van der Waals surface area (Å²) in [6.45, 7) is 12.6. The second-order valence-electron chi connectivity index (χ2n) is 7.33. The van der Waals surface area contributed by atoms with Gasteiger partial charge in [-0.1, -0.05) is 0 Å². The van der Waals surface area contributed by atoms with E-state index in [0.29, 0.717) is 6.61 Å². The molecular formula is C19H29NO3S. The summed E-state index contributed by atoms with van der Waals surface area (Å²) in [5.41, 5.74) is 2.09. The van der Waals surface area contributed by atoms with E-state index in [9.17, 15) is 4.79 Å². The molecule has 0 aliphatic carbocycles. The van der Waals surface area contributed by atoms with Gasteiger partial charge in [-0.25, -0.2) is 0 Å². The predicted octanol–water partition coefficient (Wildman–Crippen LogP) is 3.95. The summed E-state index contributed by atoms with van der Waals surface area (Å²) in [6, 6.07) is 4.17. The SMILES string of the molecule is CCOc1cc2c(cc1CSC(C)C(=O)NC(C)(C)C)OC(C)C2. The Kier molecular flexibility index (Phi) is 6.07. The molecule has 2 atom stereocenters.